The second-order valence-corrected chi connectivity index (χ2v) is 6.96. The molecule has 0 aliphatic rings. The fourth-order valence-corrected chi connectivity index (χ4v) is 3.19. The third-order valence-corrected chi connectivity index (χ3v) is 4.53. The highest BCUT2D eigenvalue weighted by Gasteiger charge is 2.21. The van der Waals surface area contributed by atoms with Gasteiger partial charge in [0.05, 0.1) is 6.04 Å². The Kier molecular flexibility index (Phi) is 6.21. The van der Waals surface area contributed by atoms with E-state index in [9.17, 15) is 9.59 Å². The summed E-state index contributed by atoms with van der Waals surface area (Å²) in [4.78, 5) is 26.6. The molecule has 1 aromatic heterocycles. The number of rotatable bonds is 5. The number of hydrogen-bond acceptors (Lipinski definition) is 3. The van der Waals surface area contributed by atoms with Gasteiger partial charge in [-0.25, -0.2) is 0 Å². The Hall–Kier alpha value is -2.60. The smallest absolute Gasteiger partial charge is 0.313 e. The van der Waals surface area contributed by atoms with Crippen molar-refractivity contribution < 1.29 is 9.59 Å². The minimum absolute atomic E-state index is 0.0189. The average Bonchev–Trinajstić information content (AvgIpc) is 2.96. The van der Waals surface area contributed by atoms with E-state index in [1.165, 1.54) is 0 Å². The van der Waals surface area contributed by atoms with Crippen molar-refractivity contribution in [2.24, 2.45) is 7.05 Å². The molecule has 2 amide bonds. The highest BCUT2D eigenvalue weighted by atomic mass is 16.2. The van der Waals surface area contributed by atoms with Gasteiger partial charge >= 0.3 is 11.8 Å². The van der Waals surface area contributed by atoms with Crippen LogP contribution in [0.25, 0.3) is 0 Å². The van der Waals surface area contributed by atoms with Gasteiger partial charge in [0.1, 0.15) is 0 Å². The van der Waals surface area contributed by atoms with Gasteiger partial charge in [-0.3, -0.25) is 14.5 Å². The van der Waals surface area contributed by atoms with Crippen LogP contribution in [0, 0.1) is 20.8 Å². The molecule has 0 radical (unpaired) electrons. The lowest BCUT2D eigenvalue weighted by Crippen LogP contribution is -2.40. The summed E-state index contributed by atoms with van der Waals surface area (Å²) in [6, 6.07) is 7.92. The second kappa shape index (κ2) is 8.19. The lowest BCUT2D eigenvalue weighted by Gasteiger charge is -2.25. The average molecular weight is 356 g/mol. The van der Waals surface area contributed by atoms with E-state index in [-0.39, 0.29) is 6.04 Å². The number of likely N-dealkylation sites (N-methyl/N-ethyl adjacent to an activating group) is 1. The molecule has 0 aliphatic heterocycles. The SMILES string of the molecule is Cc1cc(C)c(NC(=O)C(=O)NCC(c2cccn2C)N(C)C)c(C)c1. The Morgan fingerprint density at radius 3 is 2.23 bits per heavy atom. The maximum absolute atomic E-state index is 12.3. The van der Waals surface area contributed by atoms with Crippen LogP contribution in [0.3, 0.4) is 0 Å². The van der Waals surface area contributed by atoms with Gasteiger partial charge in [-0.2, -0.15) is 0 Å². The van der Waals surface area contributed by atoms with Gasteiger partial charge in [0.15, 0.2) is 0 Å². The molecule has 0 aliphatic carbocycles. The summed E-state index contributed by atoms with van der Waals surface area (Å²) < 4.78 is 2.01. The van der Waals surface area contributed by atoms with Crippen LogP contribution in [0.15, 0.2) is 30.5 Å². The summed E-state index contributed by atoms with van der Waals surface area (Å²) in [7, 11) is 5.86. The highest BCUT2D eigenvalue weighted by molar-refractivity contribution is 6.39. The van der Waals surface area contributed by atoms with Crippen molar-refractivity contribution >= 4 is 17.5 Å². The van der Waals surface area contributed by atoms with Crippen molar-refractivity contribution in [3.63, 3.8) is 0 Å². The lowest BCUT2D eigenvalue weighted by atomic mass is 10.1. The molecule has 1 heterocycles. The fourth-order valence-electron chi connectivity index (χ4n) is 3.19. The summed E-state index contributed by atoms with van der Waals surface area (Å²) in [6.07, 6.45) is 1.96. The molecule has 26 heavy (non-hydrogen) atoms. The molecule has 2 rings (SSSR count). The van der Waals surface area contributed by atoms with E-state index < -0.39 is 11.8 Å². The standard InChI is InChI=1S/C20H28N4O2/c1-13-10-14(2)18(15(3)11-13)22-20(26)19(25)21-12-17(23(4)5)16-8-7-9-24(16)6/h7-11,17H,12H2,1-6H3,(H,21,25)(H,22,26). The van der Waals surface area contributed by atoms with Crippen molar-refractivity contribution in [2.45, 2.75) is 26.8 Å². The van der Waals surface area contributed by atoms with E-state index in [2.05, 4.69) is 10.6 Å². The van der Waals surface area contributed by atoms with Gasteiger partial charge in [0.2, 0.25) is 0 Å². The molecule has 140 valence electrons. The second-order valence-electron chi connectivity index (χ2n) is 6.96. The van der Waals surface area contributed by atoms with Crippen molar-refractivity contribution in [3.8, 4) is 0 Å². The molecule has 0 fully saturated rings. The van der Waals surface area contributed by atoms with E-state index in [1.54, 1.807) is 0 Å². The number of anilines is 1. The van der Waals surface area contributed by atoms with Gasteiger partial charge in [0.25, 0.3) is 0 Å². The largest absolute Gasteiger partial charge is 0.353 e. The number of aryl methyl sites for hydroxylation is 4. The predicted octanol–water partition coefficient (Wildman–Crippen LogP) is 2.31. The molecule has 6 nitrogen and oxygen atoms in total. The maximum Gasteiger partial charge on any atom is 0.313 e. The summed E-state index contributed by atoms with van der Waals surface area (Å²) in [5.74, 6) is -1.28. The van der Waals surface area contributed by atoms with Crippen LogP contribution in [0.5, 0.6) is 0 Å². The minimum Gasteiger partial charge on any atom is -0.353 e. The quantitative estimate of drug-likeness (QED) is 0.808. The summed E-state index contributed by atoms with van der Waals surface area (Å²) in [5, 5.41) is 5.48. The number of carbonyl (C=O) groups is 2. The summed E-state index contributed by atoms with van der Waals surface area (Å²) in [5.41, 5.74) is 4.78. The number of hydrogen-bond donors (Lipinski definition) is 2. The van der Waals surface area contributed by atoms with Gasteiger partial charge in [-0.15, -0.1) is 0 Å². The molecule has 2 N–H and O–H groups in total. The van der Waals surface area contributed by atoms with Crippen LogP contribution < -0.4 is 10.6 Å². The number of benzene rings is 1. The van der Waals surface area contributed by atoms with E-state index in [1.807, 2.05) is 81.8 Å². The Labute approximate surface area is 155 Å². The van der Waals surface area contributed by atoms with E-state index in [0.29, 0.717) is 12.2 Å². The molecule has 0 saturated carbocycles. The molecule has 1 unspecified atom stereocenters. The number of amides is 2. The highest BCUT2D eigenvalue weighted by Crippen LogP contribution is 2.22. The zero-order chi connectivity index (χ0) is 19.4. The molecule has 0 spiro atoms. The van der Waals surface area contributed by atoms with Crippen LogP contribution in [0.2, 0.25) is 0 Å². The summed E-state index contributed by atoms with van der Waals surface area (Å²) >= 11 is 0. The maximum atomic E-state index is 12.3. The van der Waals surface area contributed by atoms with Gasteiger partial charge in [-0.1, -0.05) is 17.7 Å². The molecular formula is C20H28N4O2. The molecule has 6 heteroatoms. The predicted molar refractivity (Wildman–Crippen MR) is 104 cm³/mol. The molecule has 2 aromatic rings. The first-order valence-corrected chi connectivity index (χ1v) is 8.65. The molecule has 0 bridgehead atoms. The molecule has 0 saturated heterocycles. The Morgan fingerprint density at radius 2 is 1.73 bits per heavy atom. The van der Waals surface area contributed by atoms with Crippen LogP contribution >= 0.6 is 0 Å². The first-order valence-electron chi connectivity index (χ1n) is 8.65. The van der Waals surface area contributed by atoms with E-state index in [4.69, 9.17) is 0 Å². The third-order valence-electron chi connectivity index (χ3n) is 4.53. The molecule has 1 aromatic carbocycles. The zero-order valence-corrected chi connectivity index (χ0v) is 16.4. The van der Waals surface area contributed by atoms with Gasteiger partial charge < -0.3 is 15.2 Å². The zero-order valence-electron chi connectivity index (χ0n) is 16.4. The summed E-state index contributed by atoms with van der Waals surface area (Å²) in [6.45, 7) is 6.20. The Morgan fingerprint density at radius 1 is 1.12 bits per heavy atom. The van der Waals surface area contributed by atoms with Gasteiger partial charge in [0, 0.05) is 31.2 Å². The normalized spacial score (nSPS) is 12.1. The number of nitrogens with zero attached hydrogens (tertiary/aromatic N) is 2. The van der Waals surface area contributed by atoms with Crippen LogP contribution in [-0.2, 0) is 16.6 Å². The van der Waals surface area contributed by atoms with E-state index >= 15 is 0 Å². The third kappa shape index (κ3) is 4.52. The molecule has 1 atom stereocenters. The number of nitrogens with one attached hydrogen (secondary N) is 2. The van der Waals surface area contributed by atoms with Crippen molar-refractivity contribution in [2.75, 3.05) is 26.0 Å². The van der Waals surface area contributed by atoms with Gasteiger partial charge in [-0.05, 0) is 58.1 Å². The fraction of sp³-hybridized carbons (Fsp3) is 0.400. The number of carbonyl (C=O) groups excluding carboxylic acids is 2. The van der Waals surface area contributed by atoms with Crippen molar-refractivity contribution in [1.29, 1.82) is 0 Å². The first kappa shape index (κ1) is 19.7. The lowest BCUT2D eigenvalue weighted by molar-refractivity contribution is -0.136. The Balaban J connectivity index is 2.03. The number of aromatic nitrogens is 1. The monoisotopic (exact) mass is 356 g/mol. The van der Waals surface area contributed by atoms with Crippen LogP contribution in [0.4, 0.5) is 5.69 Å². The van der Waals surface area contributed by atoms with Crippen molar-refractivity contribution in [1.82, 2.24) is 14.8 Å². The molecular weight excluding hydrogens is 328 g/mol. The first-order chi connectivity index (χ1) is 12.2. The van der Waals surface area contributed by atoms with Crippen molar-refractivity contribution in [3.05, 3.63) is 52.8 Å². The van der Waals surface area contributed by atoms with Crippen LogP contribution in [-0.4, -0.2) is 41.9 Å². The Bertz CT molecular complexity index is 785. The minimum atomic E-state index is -0.649. The van der Waals surface area contributed by atoms with E-state index in [0.717, 1.165) is 22.4 Å². The van der Waals surface area contributed by atoms with Crippen LogP contribution in [0.1, 0.15) is 28.4 Å². The topological polar surface area (TPSA) is 66.4 Å².